The molecule has 1 aromatic rings. The van der Waals surface area contributed by atoms with Gasteiger partial charge in [-0.15, -0.1) is 0 Å². The molecule has 5 nitrogen and oxygen atoms in total. The number of phenols is 1. The number of carbonyl (C=O) groups is 1. The van der Waals surface area contributed by atoms with Gasteiger partial charge in [0.25, 0.3) is 0 Å². The number of rotatable bonds is 2. The Morgan fingerprint density at radius 3 is 2.68 bits per heavy atom. The van der Waals surface area contributed by atoms with Crippen molar-refractivity contribution in [2.75, 3.05) is 6.79 Å². The van der Waals surface area contributed by atoms with Gasteiger partial charge < -0.3 is 19.7 Å². The van der Waals surface area contributed by atoms with Crippen LogP contribution in [0.1, 0.15) is 28.3 Å². The first kappa shape index (κ1) is 11.6. The van der Waals surface area contributed by atoms with Gasteiger partial charge >= 0.3 is 5.97 Å². The van der Waals surface area contributed by atoms with Crippen LogP contribution in [0.5, 0.6) is 17.2 Å². The lowest BCUT2D eigenvalue weighted by Crippen LogP contribution is -2.06. The molecule has 2 aliphatic rings. The van der Waals surface area contributed by atoms with Gasteiger partial charge in [0.15, 0.2) is 11.5 Å². The van der Waals surface area contributed by atoms with Crippen molar-refractivity contribution in [2.24, 2.45) is 0 Å². The van der Waals surface area contributed by atoms with Crippen LogP contribution < -0.4 is 9.47 Å². The number of aromatic hydroxyl groups is 1. The summed E-state index contributed by atoms with van der Waals surface area (Å²) in [5.74, 6) is -1.25. The average Bonchev–Trinajstić information content (AvgIpc) is 2.87. The highest BCUT2D eigenvalue weighted by molar-refractivity contribution is 5.95. The van der Waals surface area contributed by atoms with Crippen molar-refractivity contribution >= 4 is 5.97 Å². The van der Waals surface area contributed by atoms with Crippen LogP contribution in [-0.2, 0) is 0 Å². The Kier molecular flexibility index (Phi) is 2.67. The van der Waals surface area contributed by atoms with Gasteiger partial charge in [0.1, 0.15) is 5.56 Å². The van der Waals surface area contributed by atoms with E-state index < -0.39 is 5.97 Å². The SMILES string of the molecule is O=C(O)c1c(C2C=CCC=C2)cc2c(c1O)OCO2. The summed E-state index contributed by atoms with van der Waals surface area (Å²) in [7, 11) is 0. The van der Waals surface area contributed by atoms with Crippen LogP contribution >= 0.6 is 0 Å². The number of hydrogen-bond acceptors (Lipinski definition) is 4. The third kappa shape index (κ3) is 1.83. The molecule has 0 aromatic heterocycles. The molecule has 0 saturated carbocycles. The highest BCUT2D eigenvalue weighted by Crippen LogP contribution is 2.46. The standard InChI is InChI=1S/C14H12O5/c15-12-11(14(16)17)9(8-4-2-1-3-5-8)6-10-13(12)19-7-18-10/h2-6,8,15H,1,7H2,(H,16,17). The van der Waals surface area contributed by atoms with Crippen molar-refractivity contribution in [3.8, 4) is 17.2 Å². The van der Waals surface area contributed by atoms with Gasteiger partial charge in [0.05, 0.1) is 0 Å². The second-order valence-electron chi connectivity index (χ2n) is 4.35. The Hall–Kier alpha value is -2.43. The normalized spacial score (nSPS) is 16.8. The van der Waals surface area contributed by atoms with Crippen LogP contribution in [0.4, 0.5) is 0 Å². The summed E-state index contributed by atoms with van der Waals surface area (Å²) in [6.07, 6.45) is 8.55. The van der Waals surface area contributed by atoms with Crippen molar-refractivity contribution in [1.29, 1.82) is 0 Å². The Morgan fingerprint density at radius 2 is 2.00 bits per heavy atom. The van der Waals surface area contributed by atoms with Gasteiger partial charge in [-0.1, -0.05) is 24.3 Å². The Labute approximate surface area is 109 Å². The van der Waals surface area contributed by atoms with E-state index in [1.165, 1.54) is 0 Å². The van der Waals surface area contributed by atoms with Gasteiger partial charge in [0, 0.05) is 5.92 Å². The molecular formula is C14H12O5. The van der Waals surface area contributed by atoms with Crippen LogP contribution in [0, 0.1) is 0 Å². The molecule has 0 fully saturated rings. The maximum absolute atomic E-state index is 11.4. The molecular weight excluding hydrogens is 248 g/mol. The van der Waals surface area contributed by atoms with Crippen molar-refractivity contribution in [3.05, 3.63) is 41.5 Å². The fourth-order valence-electron chi connectivity index (χ4n) is 2.33. The van der Waals surface area contributed by atoms with E-state index in [4.69, 9.17) is 9.47 Å². The van der Waals surface area contributed by atoms with Crippen molar-refractivity contribution in [2.45, 2.75) is 12.3 Å². The average molecular weight is 260 g/mol. The third-order valence-electron chi connectivity index (χ3n) is 3.20. The number of ether oxygens (including phenoxy) is 2. The molecule has 0 saturated heterocycles. The number of hydrogen-bond donors (Lipinski definition) is 2. The monoisotopic (exact) mass is 260 g/mol. The first-order valence-electron chi connectivity index (χ1n) is 5.90. The predicted octanol–water partition coefficient (Wildman–Crippen LogP) is 2.42. The van der Waals surface area contributed by atoms with E-state index in [0.29, 0.717) is 11.3 Å². The van der Waals surface area contributed by atoms with Crippen molar-refractivity contribution in [3.63, 3.8) is 0 Å². The quantitative estimate of drug-likeness (QED) is 0.798. The molecule has 1 aliphatic carbocycles. The number of carboxylic acids is 1. The lowest BCUT2D eigenvalue weighted by Gasteiger charge is -2.16. The number of fused-ring (bicyclic) bond motifs is 1. The Morgan fingerprint density at radius 1 is 1.26 bits per heavy atom. The molecule has 3 rings (SSSR count). The first-order chi connectivity index (χ1) is 9.18. The number of benzene rings is 1. The van der Waals surface area contributed by atoms with Gasteiger partial charge in [-0.25, -0.2) is 4.79 Å². The highest BCUT2D eigenvalue weighted by Gasteiger charge is 2.29. The summed E-state index contributed by atoms with van der Waals surface area (Å²) in [4.78, 5) is 11.4. The van der Waals surface area contributed by atoms with E-state index in [-0.39, 0.29) is 29.8 Å². The van der Waals surface area contributed by atoms with Crippen LogP contribution in [0.3, 0.4) is 0 Å². The summed E-state index contributed by atoms with van der Waals surface area (Å²) < 4.78 is 10.3. The van der Waals surface area contributed by atoms with Crippen molar-refractivity contribution in [1.82, 2.24) is 0 Å². The fraction of sp³-hybridized carbons (Fsp3) is 0.214. The minimum atomic E-state index is -1.18. The van der Waals surface area contributed by atoms with E-state index in [2.05, 4.69) is 0 Å². The van der Waals surface area contributed by atoms with Gasteiger partial charge in [0.2, 0.25) is 12.5 Å². The lowest BCUT2D eigenvalue weighted by molar-refractivity contribution is 0.0691. The Balaban J connectivity index is 2.20. The minimum absolute atomic E-state index is 0.0122. The zero-order chi connectivity index (χ0) is 13.4. The number of aromatic carboxylic acids is 1. The van der Waals surface area contributed by atoms with Gasteiger partial charge in [-0.3, -0.25) is 0 Å². The van der Waals surface area contributed by atoms with Gasteiger partial charge in [-0.2, -0.15) is 0 Å². The molecule has 0 unspecified atom stereocenters. The van der Waals surface area contributed by atoms with E-state index in [1.807, 2.05) is 24.3 Å². The lowest BCUT2D eigenvalue weighted by atomic mass is 9.90. The summed E-state index contributed by atoms with van der Waals surface area (Å²) in [6.45, 7) is -0.0122. The molecule has 1 aliphatic heterocycles. The summed E-state index contributed by atoms with van der Waals surface area (Å²) in [5, 5.41) is 19.4. The highest BCUT2D eigenvalue weighted by atomic mass is 16.7. The molecule has 0 spiro atoms. The third-order valence-corrected chi connectivity index (χ3v) is 3.20. The van der Waals surface area contributed by atoms with E-state index in [0.717, 1.165) is 6.42 Å². The molecule has 98 valence electrons. The minimum Gasteiger partial charge on any atom is -0.504 e. The summed E-state index contributed by atoms with van der Waals surface area (Å²) in [6, 6.07) is 1.62. The maximum Gasteiger partial charge on any atom is 0.339 e. The van der Waals surface area contributed by atoms with E-state index in [1.54, 1.807) is 6.07 Å². The smallest absolute Gasteiger partial charge is 0.339 e. The van der Waals surface area contributed by atoms with E-state index in [9.17, 15) is 15.0 Å². The molecule has 2 N–H and O–H groups in total. The van der Waals surface area contributed by atoms with Gasteiger partial charge in [-0.05, 0) is 18.1 Å². The molecule has 19 heavy (non-hydrogen) atoms. The fourth-order valence-corrected chi connectivity index (χ4v) is 2.33. The maximum atomic E-state index is 11.4. The van der Waals surface area contributed by atoms with Crippen LogP contribution in [0.25, 0.3) is 0 Å². The Bertz CT molecular complexity index is 588. The number of allylic oxidation sites excluding steroid dienone is 4. The second kappa shape index (κ2) is 4.35. The molecule has 0 bridgehead atoms. The molecule has 5 heteroatoms. The van der Waals surface area contributed by atoms with Crippen LogP contribution in [0.2, 0.25) is 0 Å². The topological polar surface area (TPSA) is 76.0 Å². The summed E-state index contributed by atoms with van der Waals surface area (Å²) >= 11 is 0. The molecule has 1 heterocycles. The second-order valence-corrected chi connectivity index (χ2v) is 4.35. The molecule has 0 amide bonds. The van der Waals surface area contributed by atoms with Crippen LogP contribution in [-0.4, -0.2) is 23.0 Å². The summed E-state index contributed by atoms with van der Waals surface area (Å²) in [5.41, 5.74) is 0.368. The number of carboxylic acid groups (broad SMARTS) is 1. The van der Waals surface area contributed by atoms with E-state index >= 15 is 0 Å². The molecule has 1 aromatic carbocycles. The first-order valence-corrected chi connectivity index (χ1v) is 5.90. The van der Waals surface area contributed by atoms with Crippen LogP contribution in [0.15, 0.2) is 30.4 Å². The molecule has 0 radical (unpaired) electrons. The zero-order valence-electron chi connectivity index (χ0n) is 10.00. The molecule has 0 atom stereocenters. The largest absolute Gasteiger partial charge is 0.504 e. The van der Waals surface area contributed by atoms with Crippen molar-refractivity contribution < 1.29 is 24.5 Å². The zero-order valence-corrected chi connectivity index (χ0v) is 10.00. The predicted molar refractivity (Wildman–Crippen MR) is 66.8 cm³/mol.